The van der Waals surface area contributed by atoms with E-state index in [1.54, 1.807) is 25.6 Å². The van der Waals surface area contributed by atoms with E-state index in [1.807, 2.05) is 18.2 Å². The molecule has 0 amide bonds. The van der Waals surface area contributed by atoms with E-state index in [4.69, 9.17) is 14.5 Å². The molecule has 0 radical (unpaired) electrons. The zero-order valence-corrected chi connectivity index (χ0v) is 13.5. The molecule has 0 saturated heterocycles. The first kappa shape index (κ1) is 13.6. The highest BCUT2D eigenvalue weighted by molar-refractivity contribution is 7.21. The van der Waals surface area contributed by atoms with Gasteiger partial charge in [0.25, 0.3) is 0 Å². The van der Waals surface area contributed by atoms with Gasteiger partial charge in [-0.05, 0) is 60.7 Å². The van der Waals surface area contributed by atoms with Crippen molar-refractivity contribution in [3.8, 4) is 22.1 Å². The normalized spacial score (nSPS) is 13.4. The molecule has 1 aromatic heterocycles. The number of aromatic nitrogens is 1. The number of hydrogen-bond acceptors (Lipinski definition) is 4. The molecule has 112 valence electrons. The number of rotatable bonds is 3. The Kier molecular flexibility index (Phi) is 3.26. The van der Waals surface area contributed by atoms with Crippen LogP contribution in [0.2, 0.25) is 0 Å². The van der Waals surface area contributed by atoms with Crippen LogP contribution in [0.4, 0.5) is 0 Å². The molecule has 0 atom stereocenters. The summed E-state index contributed by atoms with van der Waals surface area (Å²) in [5.74, 6) is 1.48. The van der Waals surface area contributed by atoms with Crippen molar-refractivity contribution in [2.24, 2.45) is 0 Å². The highest BCUT2D eigenvalue weighted by Crippen LogP contribution is 2.37. The molecular weight excluding hydrogens is 294 g/mol. The van der Waals surface area contributed by atoms with Crippen LogP contribution in [0.5, 0.6) is 11.5 Å². The fraction of sp³-hybridized carbons (Fsp3) is 0.278. The molecule has 22 heavy (non-hydrogen) atoms. The van der Waals surface area contributed by atoms with Gasteiger partial charge in [-0.3, -0.25) is 0 Å². The van der Waals surface area contributed by atoms with Crippen LogP contribution in [0.3, 0.4) is 0 Å². The molecule has 1 heterocycles. The minimum Gasteiger partial charge on any atom is -0.493 e. The van der Waals surface area contributed by atoms with Crippen molar-refractivity contribution >= 4 is 21.6 Å². The summed E-state index contributed by atoms with van der Waals surface area (Å²) in [6, 6.07) is 10.5. The molecule has 3 aromatic rings. The molecule has 3 nitrogen and oxygen atoms in total. The molecule has 2 aromatic carbocycles. The Morgan fingerprint density at radius 3 is 2.50 bits per heavy atom. The second kappa shape index (κ2) is 5.29. The SMILES string of the molecule is COc1ccc(-c2nc3cc4c(cc3s2)CCC4)cc1OC. The average molecular weight is 311 g/mol. The predicted molar refractivity (Wildman–Crippen MR) is 90.2 cm³/mol. The zero-order chi connectivity index (χ0) is 15.1. The maximum atomic E-state index is 5.39. The van der Waals surface area contributed by atoms with Crippen molar-refractivity contribution < 1.29 is 9.47 Å². The summed E-state index contributed by atoms with van der Waals surface area (Å²) in [6.07, 6.45) is 3.67. The zero-order valence-electron chi connectivity index (χ0n) is 12.7. The molecule has 1 aliphatic carbocycles. The Labute approximate surface area is 133 Å². The highest BCUT2D eigenvalue weighted by atomic mass is 32.1. The largest absolute Gasteiger partial charge is 0.493 e. The number of nitrogens with zero attached hydrogens (tertiary/aromatic N) is 1. The Morgan fingerprint density at radius 1 is 0.955 bits per heavy atom. The summed E-state index contributed by atoms with van der Waals surface area (Å²) in [4.78, 5) is 4.81. The minimum absolute atomic E-state index is 0.738. The van der Waals surface area contributed by atoms with Gasteiger partial charge in [0, 0.05) is 5.56 Å². The number of ether oxygens (including phenoxy) is 2. The van der Waals surface area contributed by atoms with E-state index in [-0.39, 0.29) is 0 Å². The van der Waals surface area contributed by atoms with Gasteiger partial charge in [0.05, 0.1) is 24.4 Å². The quantitative estimate of drug-likeness (QED) is 0.715. The summed E-state index contributed by atoms with van der Waals surface area (Å²) in [5, 5.41) is 1.03. The molecule has 1 aliphatic rings. The van der Waals surface area contributed by atoms with E-state index < -0.39 is 0 Å². The van der Waals surface area contributed by atoms with Gasteiger partial charge in [0.2, 0.25) is 0 Å². The van der Waals surface area contributed by atoms with Gasteiger partial charge in [-0.25, -0.2) is 4.98 Å². The van der Waals surface area contributed by atoms with Crippen molar-refractivity contribution in [2.45, 2.75) is 19.3 Å². The average Bonchev–Trinajstić information content (AvgIpc) is 3.17. The van der Waals surface area contributed by atoms with Crippen molar-refractivity contribution in [1.82, 2.24) is 4.98 Å². The molecule has 0 fully saturated rings. The Balaban J connectivity index is 1.81. The van der Waals surface area contributed by atoms with Crippen molar-refractivity contribution in [3.05, 3.63) is 41.5 Å². The van der Waals surface area contributed by atoms with Crippen molar-refractivity contribution in [1.29, 1.82) is 0 Å². The van der Waals surface area contributed by atoms with Gasteiger partial charge in [-0.1, -0.05) is 0 Å². The number of benzene rings is 2. The molecular formula is C18H17NO2S. The fourth-order valence-electron chi connectivity index (χ4n) is 3.09. The lowest BCUT2D eigenvalue weighted by Crippen LogP contribution is -1.90. The number of thiazole rings is 1. The van der Waals surface area contributed by atoms with E-state index in [9.17, 15) is 0 Å². The summed E-state index contributed by atoms with van der Waals surface area (Å²) in [7, 11) is 3.31. The first-order chi connectivity index (χ1) is 10.8. The van der Waals surface area contributed by atoms with Crippen LogP contribution < -0.4 is 9.47 Å². The van der Waals surface area contributed by atoms with Crippen LogP contribution in [0.15, 0.2) is 30.3 Å². The van der Waals surface area contributed by atoms with E-state index in [0.717, 1.165) is 27.6 Å². The second-order valence-electron chi connectivity index (χ2n) is 5.53. The lowest BCUT2D eigenvalue weighted by Gasteiger charge is -2.08. The first-order valence-corrected chi connectivity index (χ1v) is 8.25. The molecule has 0 N–H and O–H groups in total. The van der Waals surface area contributed by atoms with Crippen LogP contribution in [0.1, 0.15) is 17.5 Å². The molecule has 0 unspecified atom stereocenters. The van der Waals surface area contributed by atoms with Crippen LogP contribution in [0, 0.1) is 0 Å². The van der Waals surface area contributed by atoms with Crippen LogP contribution in [-0.4, -0.2) is 19.2 Å². The highest BCUT2D eigenvalue weighted by Gasteiger charge is 2.15. The third kappa shape index (κ3) is 2.15. The number of fused-ring (bicyclic) bond motifs is 2. The van der Waals surface area contributed by atoms with Gasteiger partial charge in [-0.2, -0.15) is 0 Å². The van der Waals surface area contributed by atoms with E-state index in [0.29, 0.717) is 0 Å². The molecule has 0 spiro atoms. The van der Waals surface area contributed by atoms with Gasteiger partial charge >= 0.3 is 0 Å². The fourth-order valence-corrected chi connectivity index (χ4v) is 4.09. The maximum absolute atomic E-state index is 5.39. The second-order valence-corrected chi connectivity index (χ2v) is 6.56. The van der Waals surface area contributed by atoms with E-state index >= 15 is 0 Å². The minimum atomic E-state index is 0.738. The molecule has 4 heteroatoms. The van der Waals surface area contributed by atoms with Gasteiger partial charge in [0.1, 0.15) is 5.01 Å². The van der Waals surface area contributed by atoms with Crippen LogP contribution >= 0.6 is 11.3 Å². The third-order valence-corrected chi connectivity index (χ3v) is 5.30. The summed E-state index contributed by atoms with van der Waals surface area (Å²) in [5.41, 5.74) is 5.14. The van der Waals surface area contributed by atoms with E-state index in [1.165, 1.54) is 35.1 Å². The topological polar surface area (TPSA) is 31.4 Å². The lowest BCUT2D eigenvalue weighted by molar-refractivity contribution is 0.355. The molecule has 0 aliphatic heterocycles. The summed E-state index contributed by atoms with van der Waals surface area (Å²) >= 11 is 1.74. The smallest absolute Gasteiger partial charge is 0.161 e. The summed E-state index contributed by atoms with van der Waals surface area (Å²) < 4.78 is 12.0. The van der Waals surface area contributed by atoms with Crippen molar-refractivity contribution in [2.75, 3.05) is 14.2 Å². The molecule has 0 saturated carbocycles. The third-order valence-electron chi connectivity index (χ3n) is 4.23. The van der Waals surface area contributed by atoms with Gasteiger partial charge in [0.15, 0.2) is 11.5 Å². The standard InChI is InChI=1S/C18H17NO2S/c1-20-15-7-6-13(9-16(15)21-2)18-19-14-8-11-4-3-5-12(11)10-17(14)22-18/h6-10H,3-5H2,1-2H3. The Morgan fingerprint density at radius 2 is 1.73 bits per heavy atom. The van der Waals surface area contributed by atoms with E-state index in [2.05, 4.69) is 12.1 Å². The summed E-state index contributed by atoms with van der Waals surface area (Å²) in [6.45, 7) is 0. The van der Waals surface area contributed by atoms with Crippen molar-refractivity contribution in [3.63, 3.8) is 0 Å². The Hall–Kier alpha value is -2.07. The van der Waals surface area contributed by atoms with Gasteiger partial charge < -0.3 is 9.47 Å². The molecule has 0 bridgehead atoms. The van der Waals surface area contributed by atoms with Gasteiger partial charge in [-0.15, -0.1) is 11.3 Å². The first-order valence-electron chi connectivity index (χ1n) is 7.43. The predicted octanol–water partition coefficient (Wildman–Crippen LogP) is 4.47. The van der Waals surface area contributed by atoms with Crippen LogP contribution in [0.25, 0.3) is 20.8 Å². The molecule has 4 rings (SSSR count). The Bertz CT molecular complexity index is 813. The van der Waals surface area contributed by atoms with Crippen LogP contribution in [-0.2, 0) is 12.8 Å². The number of aryl methyl sites for hydroxylation is 2. The maximum Gasteiger partial charge on any atom is 0.161 e. The number of hydrogen-bond donors (Lipinski definition) is 0. The monoisotopic (exact) mass is 311 g/mol. The lowest BCUT2D eigenvalue weighted by atomic mass is 10.1. The number of methoxy groups -OCH3 is 2.